The minimum absolute atomic E-state index is 0.0467. The average Bonchev–Trinajstić information content (AvgIpc) is 3.41. The molecule has 0 bridgehead atoms. The number of aromatic nitrogens is 1. The summed E-state index contributed by atoms with van der Waals surface area (Å²) in [6, 6.07) is 11.7. The monoisotopic (exact) mass is 374 g/mol. The van der Waals surface area contributed by atoms with Gasteiger partial charge in [0.05, 0.1) is 11.6 Å². The molecule has 1 aliphatic rings. The van der Waals surface area contributed by atoms with E-state index in [9.17, 15) is 18.0 Å². The van der Waals surface area contributed by atoms with Crippen molar-refractivity contribution in [2.45, 2.75) is 25.1 Å². The van der Waals surface area contributed by atoms with E-state index >= 15 is 0 Å². The first-order valence-electron chi connectivity index (χ1n) is 8.65. The molecule has 4 rings (SSSR count). The summed E-state index contributed by atoms with van der Waals surface area (Å²) in [5, 5.41) is 0. The van der Waals surface area contributed by atoms with Gasteiger partial charge >= 0.3 is 6.18 Å². The smallest absolute Gasteiger partial charge is 0.416 e. The van der Waals surface area contributed by atoms with Crippen LogP contribution in [0.4, 0.5) is 13.2 Å². The number of amides is 1. The lowest BCUT2D eigenvalue weighted by Gasteiger charge is -2.23. The van der Waals surface area contributed by atoms with Crippen LogP contribution in [-0.4, -0.2) is 22.3 Å². The molecule has 3 heterocycles. The van der Waals surface area contributed by atoms with Gasteiger partial charge in [-0.15, -0.1) is 0 Å². The van der Waals surface area contributed by atoms with E-state index in [-0.39, 0.29) is 29.0 Å². The first-order chi connectivity index (χ1) is 12.9. The molecule has 1 N–H and O–H groups in total. The lowest BCUT2D eigenvalue weighted by Crippen LogP contribution is -2.30. The number of halogens is 3. The Bertz CT molecular complexity index is 944. The Morgan fingerprint density at radius 1 is 1.15 bits per heavy atom. The van der Waals surface area contributed by atoms with Gasteiger partial charge in [0.1, 0.15) is 5.76 Å². The molecule has 1 saturated heterocycles. The quantitative estimate of drug-likeness (QED) is 0.679. The van der Waals surface area contributed by atoms with Crippen molar-refractivity contribution in [1.82, 2.24) is 9.88 Å². The zero-order valence-electron chi connectivity index (χ0n) is 14.3. The van der Waals surface area contributed by atoms with Crippen molar-refractivity contribution in [1.29, 1.82) is 0 Å². The minimum atomic E-state index is -4.43. The van der Waals surface area contributed by atoms with E-state index < -0.39 is 11.7 Å². The average molecular weight is 374 g/mol. The van der Waals surface area contributed by atoms with Gasteiger partial charge in [-0.3, -0.25) is 4.79 Å². The third kappa shape index (κ3) is 3.37. The largest absolute Gasteiger partial charge is 0.451 e. The molecule has 0 spiro atoms. The lowest BCUT2D eigenvalue weighted by atomic mass is 10.1. The fraction of sp³-hybridized carbons (Fsp3) is 0.250. The molecule has 0 unspecified atom stereocenters. The Kier molecular flexibility index (Phi) is 4.30. The van der Waals surface area contributed by atoms with Crippen LogP contribution in [0.5, 0.6) is 0 Å². The van der Waals surface area contributed by atoms with Crippen molar-refractivity contribution in [2.24, 2.45) is 0 Å². The highest BCUT2D eigenvalue weighted by Gasteiger charge is 2.33. The Morgan fingerprint density at radius 2 is 2.00 bits per heavy atom. The predicted molar refractivity (Wildman–Crippen MR) is 93.0 cm³/mol. The second-order valence-corrected chi connectivity index (χ2v) is 6.52. The van der Waals surface area contributed by atoms with Gasteiger partial charge in [0.25, 0.3) is 5.91 Å². The molecular weight excluding hydrogens is 357 g/mol. The highest BCUT2D eigenvalue weighted by molar-refractivity contribution is 5.92. The highest BCUT2D eigenvalue weighted by atomic mass is 19.4. The normalized spacial score (nSPS) is 17.4. The standard InChI is InChI=1S/C20H17F3N2O2/c21-20(22,23)14-5-1-4-13(12-14)17-8-9-18(27-17)19(26)25-11-3-7-16(25)15-6-2-10-24-15/h1-2,4-6,8-10,12,16,24H,3,7,11H2/t16-/m1/s1. The van der Waals surface area contributed by atoms with Crippen LogP contribution < -0.4 is 0 Å². The summed E-state index contributed by atoms with van der Waals surface area (Å²) in [5.41, 5.74) is 0.493. The zero-order chi connectivity index (χ0) is 19.0. The zero-order valence-corrected chi connectivity index (χ0v) is 14.3. The molecular formula is C20H17F3N2O2. The summed E-state index contributed by atoms with van der Waals surface area (Å²) in [6.45, 7) is 0.613. The van der Waals surface area contributed by atoms with Gasteiger partial charge in [-0.1, -0.05) is 12.1 Å². The fourth-order valence-electron chi connectivity index (χ4n) is 3.48. The van der Waals surface area contributed by atoms with Crippen LogP contribution in [0.25, 0.3) is 11.3 Å². The molecule has 7 heteroatoms. The van der Waals surface area contributed by atoms with Crippen molar-refractivity contribution < 1.29 is 22.4 Å². The maximum absolute atomic E-state index is 12.9. The molecule has 27 heavy (non-hydrogen) atoms. The van der Waals surface area contributed by atoms with E-state index in [0.717, 1.165) is 30.7 Å². The molecule has 0 saturated carbocycles. The maximum atomic E-state index is 12.9. The Morgan fingerprint density at radius 3 is 2.74 bits per heavy atom. The summed E-state index contributed by atoms with van der Waals surface area (Å²) < 4.78 is 44.3. The van der Waals surface area contributed by atoms with E-state index in [4.69, 9.17) is 4.42 Å². The molecule has 1 amide bonds. The summed E-state index contributed by atoms with van der Waals surface area (Å²) in [5.74, 6) is 0.103. The van der Waals surface area contributed by atoms with Gasteiger partial charge in [-0.2, -0.15) is 13.2 Å². The molecule has 0 radical (unpaired) electrons. The first kappa shape index (κ1) is 17.5. The number of carbonyl (C=O) groups is 1. The summed E-state index contributed by atoms with van der Waals surface area (Å²) >= 11 is 0. The summed E-state index contributed by atoms with van der Waals surface area (Å²) in [4.78, 5) is 17.7. The van der Waals surface area contributed by atoms with Gasteiger partial charge in [0, 0.05) is 24.0 Å². The second kappa shape index (κ2) is 6.64. The van der Waals surface area contributed by atoms with Crippen LogP contribution in [0.1, 0.15) is 40.7 Å². The molecule has 0 aliphatic carbocycles. The third-order valence-electron chi connectivity index (χ3n) is 4.79. The molecule has 2 aromatic heterocycles. The summed E-state index contributed by atoms with van der Waals surface area (Å²) in [6.07, 6.45) is -0.876. The molecule has 1 atom stereocenters. The number of hydrogen-bond acceptors (Lipinski definition) is 2. The minimum Gasteiger partial charge on any atom is -0.451 e. The van der Waals surface area contributed by atoms with Gasteiger partial charge in [-0.25, -0.2) is 0 Å². The third-order valence-corrected chi connectivity index (χ3v) is 4.79. The van der Waals surface area contributed by atoms with Crippen molar-refractivity contribution in [3.05, 3.63) is 71.7 Å². The second-order valence-electron chi connectivity index (χ2n) is 6.52. The van der Waals surface area contributed by atoms with Crippen molar-refractivity contribution in [2.75, 3.05) is 6.54 Å². The topological polar surface area (TPSA) is 49.2 Å². The molecule has 1 aromatic carbocycles. The first-order valence-corrected chi connectivity index (χ1v) is 8.65. The number of carbonyl (C=O) groups excluding carboxylic acids is 1. The van der Waals surface area contributed by atoms with Crippen LogP contribution in [0.3, 0.4) is 0 Å². The van der Waals surface area contributed by atoms with Crippen LogP contribution in [0, 0.1) is 0 Å². The Balaban J connectivity index is 1.58. The van der Waals surface area contributed by atoms with Gasteiger partial charge < -0.3 is 14.3 Å². The van der Waals surface area contributed by atoms with Crippen LogP contribution in [-0.2, 0) is 6.18 Å². The number of aromatic amines is 1. The van der Waals surface area contributed by atoms with Crippen molar-refractivity contribution in [3.63, 3.8) is 0 Å². The SMILES string of the molecule is O=C(c1ccc(-c2cccc(C(F)(F)F)c2)o1)N1CCC[C@@H]1c1ccc[nH]1. The van der Waals surface area contributed by atoms with Gasteiger partial charge in [-0.05, 0) is 49.2 Å². The maximum Gasteiger partial charge on any atom is 0.416 e. The number of nitrogens with one attached hydrogen (secondary N) is 1. The number of benzene rings is 1. The van der Waals surface area contributed by atoms with Crippen molar-refractivity contribution in [3.8, 4) is 11.3 Å². The number of H-pyrrole nitrogens is 1. The van der Waals surface area contributed by atoms with E-state index in [2.05, 4.69) is 4.98 Å². The highest BCUT2D eigenvalue weighted by Crippen LogP contribution is 2.35. The molecule has 4 nitrogen and oxygen atoms in total. The van der Waals surface area contributed by atoms with E-state index in [0.29, 0.717) is 6.54 Å². The molecule has 140 valence electrons. The number of likely N-dealkylation sites (tertiary alicyclic amines) is 1. The van der Waals surface area contributed by atoms with Gasteiger partial charge in [0.15, 0.2) is 5.76 Å². The van der Waals surface area contributed by atoms with E-state index in [1.54, 1.807) is 4.90 Å². The van der Waals surface area contributed by atoms with Gasteiger partial charge in [0.2, 0.25) is 0 Å². The number of rotatable bonds is 3. The number of hydrogen-bond donors (Lipinski definition) is 1. The van der Waals surface area contributed by atoms with Crippen molar-refractivity contribution >= 4 is 5.91 Å². The lowest BCUT2D eigenvalue weighted by molar-refractivity contribution is -0.137. The van der Waals surface area contributed by atoms with Crippen LogP contribution >= 0.6 is 0 Å². The van der Waals surface area contributed by atoms with Crippen LogP contribution in [0.15, 0.2) is 59.1 Å². The summed E-state index contributed by atoms with van der Waals surface area (Å²) in [7, 11) is 0. The molecule has 1 fully saturated rings. The fourth-order valence-corrected chi connectivity index (χ4v) is 3.48. The Hall–Kier alpha value is -2.96. The molecule has 1 aliphatic heterocycles. The number of alkyl halides is 3. The predicted octanol–water partition coefficient (Wildman–Crippen LogP) is 5.27. The number of furan rings is 1. The number of nitrogens with zero attached hydrogens (tertiary/aromatic N) is 1. The van der Waals surface area contributed by atoms with E-state index in [1.165, 1.54) is 24.3 Å². The Labute approximate surface area is 153 Å². The molecule has 3 aromatic rings. The van der Waals surface area contributed by atoms with Crippen LogP contribution in [0.2, 0.25) is 0 Å². The van der Waals surface area contributed by atoms with E-state index in [1.807, 2.05) is 18.3 Å².